The molecule has 0 saturated heterocycles. The SMILES string of the molecule is C=C/C=C(/C(=O)OC)C(C)=[NH+]CC(C)=O. The molecule has 0 aliphatic carbocycles. The van der Waals surface area contributed by atoms with Crippen molar-refractivity contribution in [3.63, 3.8) is 0 Å². The first-order valence-electron chi connectivity index (χ1n) is 4.51. The molecule has 0 aliphatic rings. The topological polar surface area (TPSA) is 57.3 Å². The number of ketones is 1. The number of hydrogen-bond acceptors (Lipinski definition) is 3. The molecule has 0 aromatic carbocycles. The van der Waals surface area contributed by atoms with Crippen LogP contribution in [0.25, 0.3) is 0 Å². The van der Waals surface area contributed by atoms with Crippen molar-refractivity contribution in [3.8, 4) is 0 Å². The zero-order chi connectivity index (χ0) is 11.8. The van der Waals surface area contributed by atoms with Crippen molar-refractivity contribution in [2.45, 2.75) is 13.8 Å². The number of ether oxygens (including phenoxy) is 1. The second-order valence-electron chi connectivity index (χ2n) is 2.99. The van der Waals surface area contributed by atoms with Crippen molar-refractivity contribution in [3.05, 3.63) is 24.3 Å². The van der Waals surface area contributed by atoms with E-state index in [2.05, 4.69) is 16.3 Å². The van der Waals surface area contributed by atoms with Crippen LogP contribution in [0.4, 0.5) is 0 Å². The molecule has 0 aliphatic heterocycles. The van der Waals surface area contributed by atoms with E-state index in [1.807, 2.05) is 0 Å². The molecule has 0 heterocycles. The van der Waals surface area contributed by atoms with Gasteiger partial charge in [0.25, 0.3) is 0 Å². The molecule has 0 aromatic heterocycles. The molecular formula is C11H16NO3+. The molecule has 1 N–H and O–H groups in total. The van der Waals surface area contributed by atoms with Gasteiger partial charge in [-0.2, -0.15) is 0 Å². The van der Waals surface area contributed by atoms with Gasteiger partial charge >= 0.3 is 5.97 Å². The Balaban J connectivity index is 4.86. The van der Waals surface area contributed by atoms with Crippen molar-refractivity contribution in [1.82, 2.24) is 0 Å². The lowest BCUT2D eigenvalue weighted by Crippen LogP contribution is -2.74. The van der Waals surface area contributed by atoms with Gasteiger partial charge in [-0.3, -0.25) is 4.79 Å². The van der Waals surface area contributed by atoms with Gasteiger partial charge in [-0.1, -0.05) is 12.7 Å². The van der Waals surface area contributed by atoms with E-state index < -0.39 is 5.97 Å². The van der Waals surface area contributed by atoms with Gasteiger partial charge in [-0.15, -0.1) is 0 Å². The smallest absolute Gasteiger partial charge is 0.344 e. The molecule has 82 valence electrons. The Hall–Kier alpha value is -1.71. The maximum atomic E-state index is 11.3. The maximum absolute atomic E-state index is 11.3. The molecule has 0 unspecified atom stereocenters. The summed E-state index contributed by atoms with van der Waals surface area (Å²) in [7, 11) is 1.30. The highest BCUT2D eigenvalue weighted by atomic mass is 16.5. The van der Waals surface area contributed by atoms with Crippen LogP contribution >= 0.6 is 0 Å². The summed E-state index contributed by atoms with van der Waals surface area (Å²) in [6.45, 7) is 6.87. The Morgan fingerprint density at radius 3 is 2.40 bits per heavy atom. The van der Waals surface area contributed by atoms with Crippen LogP contribution in [0.5, 0.6) is 0 Å². The summed E-state index contributed by atoms with van der Waals surface area (Å²) >= 11 is 0. The first-order chi connectivity index (χ1) is 7.02. The van der Waals surface area contributed by atoms with E-state index in [4.69, 9.17) is 0 Å². The molecule has 0 rings (SSSR count). The van der Waals surface area contributed by atoms with Gasteiger partial charge < -0.3 is 4.74 Å². The quantitative estimate of drug-likeness (QED) is 0.285. The zero-order valence-corrected chi connectivity index (χ0v) is 9.29. The lowest BCUT2D eigenvalue weighted by atomic mass is 10.1. The highest BCUT2D eigenvalue weighted by Crippen LogP contribution is 1.97. The van der Waals surface area contributed by atoms with E-state index in [0.29, 0.717) is 11.3 Å². The zero-order valence-electron chi connectivity index (χ0n) is 9.29. The average Bonchev–Trinajstić information content (AvgIpc) is 2.21. The highest BCUT2D eigenvalue weighted by molar-refractivity contribution is 6.16. The fourth-order valence-electron chi connectivity index (χ4n) is 0.926. The Morgan fingerprint density at radius 2 is 2.00 bits per heavy atom. The molecule has 0 radical (unpaired) electrons. The first kappa shape index (κ1) is 13.3. The van der Waals surface area contributed by atoms with E-state index in [1.165, 1.54) is 26.2 Å². The van der Waals surface area contributed by atoms with Crippen molar-refractivity contribution in [2.75, 3.05) is 13.7 Å². The van der Waals surface area contributed by atoms with Crippen LogP contribution in [-0.4, -0.2) is 31.1 Å². The van der Waals surface area contributed by atoms with Gasteiger partial charge in [0.2, 0.25) is 0 Å². The molecule has 15 heavy (non-hydrogen) atoms. The van der Waals surface area contributed by atoms with Crippen LogP contribution in [0.15, 0.2) is 24.3 Å². The van der Waals surface area contributed by atoms with E-state index in [1.54, 1.807) is 6.92 Å². The molecule has 0 fully saturated rings. The summed E-state index contributed by atoms with van der Waals surface area (Å²) in [6.07, 6.45) is 3.03. The average molecular weight is 210 g/mol. The number of Topliss-reactive ketones (excluding diaryl/α,β-unsaturated/α-hetero) is 1. The lowest BCUT2D eigenvalue weighted by molar-refractivity contribution is -0.443. The second kappa shape index (κ2) is 6.70. The third kappa shape index (κ3) is 4.90. The van der Waals surface area contributed by atoms with Gasteiger partial charge in [-0.25, -0.2) is 9.79 Å². The van der Waals surface area contributed by atoms with Gasteiger partial charge in [-0.05, 0) is 6.08 Å². The summed E-state index contributed by atoms with van der Waals surface area (Å²) in [5.74, 6) is -0.458. The number of hydrogen-bond donors (Lipinski definition) is 1. The predicted octanol–water partition coefficient (Wildman–Crippen LogP) is -0.598. The molecule has 0 saturated carbocycles. The number of nitrogens with one attached hydrogen (secondary N) is 1. The number of rotatable bonds is 5. The summed E-state index contributed by atoms with van der Waals surface area (Å²) in [6, 6.07) is 0. The Labute approximate surface area is 89.3 Å². The maximum Gasteiger partial charge on any atom is 0.344 e. The van der Waals surface area contributed by atoms with Crippen molar-refractivity contribution in [2.24, 2.45) is 0 Å². The number of methoxy groups -OCH3 is 1. The summed E-state index contributed by atoms with van der Waals surface area (Å²) in [5, 5.41) is 0. The fourth-order valence-corrected chi connectivity index (χ4v) is 0.926. The Bertz CT molecular complexity index is 327. The minimum atomic E-state index is -0.455. The minimum Gasteiger partial charge on any atom is -0.465 e. The van der Waals surface area contributed by atoms with Crippen molar-refractivity contribution < 1.29 is 19.3 Å². The van der Waals surface area contributed by atoms with Crippen LogP contribution in [0.2, 0.25) is 0 Å². The van der Waals surface area contributed by atoms with Gasteiger partial charge in [0.1, 0.15) is 5.57 Å². The molecule has 0 amide bonds. The number of carbonyl (C=O) groups is 2. The number of esters is 1. The second-order valence-corrected chi connectivity index (χ2v) is 2.99. The highest BCUT2D eigenvalue weighted by Gasteiger charge is 2.16. The standard InChI is InChI=1S/C11H15NO3/c1-5-6-10(11(14)15-4)9(3)12-7-8(2)13/h5-6H,1,7H2,2-4H3/p+1/b10-6+,12-9?. The Morgan fingerprint density at radius 1 is 1.40 bits per heavy atom. The van der Waals surface area contributed by atoms with E-state index in [9.17, 15) is 9.59 Å². The van der Waals surface area contributed by atoms with Crippen LogP contribution in [-0.2, 0) is 14.3 Å². The third-order valence-corrected chi connectivity index (χ3v) is 1.70. The van der Waals surface area contributed by atoms with Gasteiger partial charge in [0.05, 0.1) is 7.11 Å². The summed E-state index contributed by atoms with van der Waals surface area (Å²) in [4.78, 5) is 24.9. The van der Waals surface area contributed by atoms with E-state index in [-0.39, 0.29) is 12.3 Å². The molecule has 0 atom stereocenters. The lowest BCUT2D eigenvalue weighted by Gasteiger charge is -1.99. The van der Waals surface area contributed by atoms with Crippen LogP contribution < -0.4 is 4.99 Å². The molecule has 0 spiro atoms. The molecule has 4 heteroatoms. The molecule has 0 aromatic rings. The van der Waals surface area contributed by atoms with Crippen LogP contribution in [0.1, 0.15) is 13.8 Å². The number of allylic oxidation sites excluding steroid dienone is 2. The summed E-state index contributed by atoms with van der Waals surface area (Å²) in [5.41, 5.74) is 0.964. The molecule has 0 bridgehead atoms. The van der Waals surface area contributed by atoms with Gasteiger partial charge in [0, 0.05) is 13.8 Å². The van der Waals surface area contributed by atoms with Crippen molar-refractivity contribution >= 4 is 17.5 Å². The monoisotopic (exact) mass is 210 g/mol. The molecular weight excluding hydrogens is 194 g/mol. The van der Waals surface area contributed by atoms with Gasteiger partial charge in [0.15, 0.2) is 18.0 Å². The number of carbonyl (C=O) groups excluding carboxylic acids is 2. The largest absolute Gasteiger partial charge is 0.465 e. The normalized spacial score (nSPS) is 12.2. The first-order valence-corrected chi connectivity index (χ1v) is 4.51. The third-order valence-electron chi connectivity index (χ3n) is 1.70. The van der Waals surface area contributed by atoms with E-state index in [0.717, 1.165) is 0 Å². The fraction of sp³-hybridized carbons (Fsp3) is 0.364. The molecule has 4 nitrogen and oxygen atoms in total. The van der Waals surface area contributed by atoms with E-state index >= 15 is 0 Å². The predicted molar refractivity (Wildman–Crippen MR) is 57.5 cm³/mol. The Kier molecular flexibility index (Phi) is 5.94. The minimum absolute atomic E-state index is 0.00262. The van der Waals surface area contributed by atoms with Crippen molar-refractivity contribution in [1.29, 1.82) is 0 Å². The van der Waals surface area contributed by atoms with Crippen LogP contribution in [0.3, 0.4) is 0 Å². The van der Waals surface area contributed by atoms with Crippen LogP contribution in [0, 0.1) is 0 Å². The summed E-state index contributed by atoms with van der Waals surface area (Å²) < 4.78 is 4.59.